The molecule has 1 N–H and O–H groups in total. The molecule has 0 fully saturated rings. The Labute approximate surface area is 117 Å². The molecule has 0 aliphatic rings. The molecule has 1 heterocycles. The van der Waals surface area contributed by atoms with Crippen LogP contribution in [-0.4, -0.2) is 5.11 Å². The molecule has 1 unspecified atom stereocenters. The van der Waals surface area contributed by atoms with Gasteiger partial charge in [0.1, 0.15) is 0 Å². The van der Waals surface area contributed by atoms with Crippen LogP contribution in [0.25, 0.3) is 10.1 Å². The first-order valence-corrected chi connectivity index (χ1v) is 7.32. The molecule has 0 spiro atoms. The first-order valence-electron chi connectivity index (χ1n) is 6.44. The summed E-state index contributed by atoms with van der Waals surface area (Å²) < 4.78 is 1.29. The lowest BCUT2D eigenvalue weighted by Gasteiger charge is -2.11. The summed E-state index contributed by atoms with van der Waals surface area (Å²) in [7, 11) is 0. The van der Waals surface area contributed by atoms with Crippen molar-refractivity contribution in [3.63, 3.8) is 0 Å². The Kier molecular flexibility index (Phi) is 3.36. The summed E-state index contributed by atoms with van der Waals surface area (Å²) >= 11 is 1.74. The summed E-state index contributed by atoms with van der Waals surface area (Å²) in [5.41, 5.74) is 3.41. The van der Waals surface area contributed by atoms with Gasteiger partial charge in [-0.3, -0.25) is 0 Å². The SMILES string of the molecule is Cc1cccc(C(O)Cc2csc3ccccc23)c1. The van der Waals surface area contributed by atoms with Gasteiger partial charge in [0.2, 0.25) is 0 Å². The van der Waals surface area contributed by atoms with Gasteiger partial charge in [0.05, 0.1) is 6.10 Å². The number of benzene rings is 2. The minimum atomic E-state index is -0.432. The average Bonchev–Trinajstić information content (AvgIpc) is 2.82. The van der Waals surface area contributed by atoms with Crippen molar-refractivity contribution >= 4 is 21.4 Å². The second-order valence-corrected chi connectivity index (χ2v) is 5.80. The van der Waals surface area contributed by atoms with Gasteiger partial charge in [0.15, 0.2) is 0 Å². The summed E-state index contributed by atoms with van der Waals surface area (Å²) in [6.45, 7) is 2.05. The van der Waals surface area contributed by atoms with Gasteiger partial charge in [-0.25, -0.2) is 0 Å². The van der Waals surface area contributed by atoms with E-state index in [1.54, 1.807) is 11.3 Å². The van der Waals surface area contributed by atoms with Gasteiger partial charge >= 0.3 is 0 Å². The van der Waals surface area contributed by atoms with Gasteiger partial charge < -0.3 is 5.11 Å². The highest BCUT2D eigenvalue weighted by Crippen LogP contribution is 2.29. The van der Waals surface area contributed by atoms with Crippen molar-refractivity contribution in [1.29, 1.82) is 0 Å². The molecule has 0 radical (unpaired) electrons. The number of aryl methyl sites for hydroxylation is 1. The van der Waals surface area contributed by atoms with Crippen LogP contribution in [0.3, 0.4) is 0 Å². The summed E-state index contributed by atoms with van der Waals surface area (Å²) in [6.07, 6.45) is 0.242. The fourth-order valence-corrected chi connectivity index (χ4v) is 3.37. The minimum absolute atomic E-state index is 0.432. The minimum Gasteiger partial charge on any atom is -0.388 e. The van der Waals surface area contributed by atoms with Crippen LogP contribution < -0.4 is 0 Å². The maximum Gasteiger partial charge on any atom is 0.0830 e. The maximum absolute atomic E-state index is 10.4. The van der Waals surface area contributed by atoms with Crippen LogP contribution in [0.2, 0.25) is 0 Å². The summed E-state index contributed by atoms with van der Waals surface area (Å²) in [5, 5.41) is 13.8. The fourth-order valence-electron chi connectivity index (χ4n) is 2.39. The fraction of sp³-hybridized carbons (Fsp3) is 0.176. The van der Waals surface area contributed by atoms with Crippen molar-refractivity contribution in [2.24, 2.45) is 0 Å². The zero-order chi connectivity index (χ0) is 13.2. The lowest BCUT2D eigenvalue weighted by atomic mass is 10.00. The van der Waals surface area contributed by atoms with Crippen LogP contribution in [0, 0.1) is 6.92 Å². The largest absolute Gasteiger partial charge is 0.388 e. The zero-order valence-electron chi connectivity index (χ0n) is 10.8. The third-order valence-corrected chi connectivity index (χ3v) is 4.41. The molecule has 2 aromatic carbocycles. The lowest BCUT2D eigenvalue weighted by Crippen LogP contribution is -2.01. The summed E-state index contributed by atoms with van der Waals surface area (Å²) in [5.74, 6) is 0. The molecule has 1 atom stereocenters. The number of fused-ring (bicyclic) bond motifs is 1. The van der Waals surface area contributed by atoms with Crippen LogP contribution in [0.4, 0.5) is 0 Å². The molecule has 1 aromatic heterocycles. The van der Waals surface area contributed by atoms with E-state index in [2.05, 4.69) is 48.7 Å². The van der Waals surface area contributed by atoms with E-state index < -0.39 is 6.10 Å². The average molecular weight is 268 g/mol. The summed E-state index contributed by atoms with van der Waals surface area (Å²) in [4.78, 5) is 0. The molecular formula is C17H16OS. The van der Waals surface area contributed by atoms with Crippen molar-refractivity contribution in [1.82, 2.24) is 0 Å². The predicted molar refractivity (Wildman–Crippen MR) is 81.7 cm³/mol. The third-order valence-electron chi connectivity index (χ3n) is 3.40. The molecule has 1 nitrogen and oxygen atoms in total. The quantitative estimate of drug-likeness (QED) is 0.742. The molecule has 2 heteroatoms. The number of hydrogen-bond donors (Lipinski definition) is 1. The normalized spacial score (nSPS) is 12.7. The van der Waals surface area contributed by atoms with Gasteiger partial charge in [0.25, 0.3) is 0 Å². The lowest BCUT2D eigenvalue weighted by molar-refractivity contribution is 0.179. The van der Waals surface area contributed by atoms with E-state index in [9.17, 15) is 5.11 Å². The Morgan fingerprint density at radius 3 is 2.79 bits per heavy atom. The second-order valence-electron chi connectivity index (χ2n) is 4.89. The van der Waals surface area contributed by atoms with E-state index in [0.29, 0.717) is 6.42 Å². The van der Waals surface area contributed by atoms with Crippen LogP contribution in [0.15, 0.2) is 53.9 Å². The van der Waals surface area contributed by atoms with E-state index >= 15 is 0 Å². The molecule has 0 aliphatic carbocycles. The highest BCUT2D eigenvalue weighted by Gasteiger charge is 2.11. The van der Waals surface area contributed by atoms with E-state index in [1.807, 2.05) is 12.1 Å². The highest BCUT2D eigenvalue weighted by molar-refractivity contribution is 7.17. The first-order chi connectivity index (χ1) is 9.24. The molecule has 0 aliphatic heterocycles. The van der Waals surface area contributed by atoms with Crippen molar-refractivity contribution in [3.05, 3.63) is 70.6 Å². The Morgan fingerprint density at radius 1 is 1.11 bits per heavy atom. The topological polar surface area (TPSA) is 20.2 Å². The molecule has 0 bridgehead atoms. The van der Waals surface area contributed by atoms with Crippen LogP contribution in [0.5, 0.6) is 0 Å². The Hall–Kier alpha value is -1.64. The zero-order valence-corrected chi connectivity index (χ0v) is 11.7. The molecular weight excluding hydrogens is 252 g/mol. The van der Waals surface area contributed by atoms with Gasteiger partial charge in [-0.05, 0) is 34.9 Å². The molecule has 0 saturated heterocycles. The molecule has 19 heavy (non-hydrogen) atoms. The Balaban J connectivity index is 1.89. The number of aliphatic hydroxyl groups excluding tert-OH is 1. The second kappa shape index (κ2) is 5.16. The van der Waals surface area contributed by atoms with Crippen molar-refractivity contribution < 1.29 is 5.11 Å². The smallest absolute Gasteiger partial charge is 0.0830 e. The number of aliphatic hydroxyl groups is 1. The number of thiophene rings is 1. The van der Waals surface area contributed by atoms with Gasteiger partial charge in [-0.1, -0.05) is 48.0 Å². The highest BCUT2D eigenvalue weighted by atomic mass is 32.1. The third kappa shape index (κ3) is 2.55. The Morgan fingerprint density at radius 2 is 1.95 bits per heavy atom. The molecule has 0 saturated carbocycles. The van der Waals surface area contributed by atoms with Gasteiger partial charge in [-0.15, -0.1) is 11.3 Å². The molecule has 3 rings (SSSR count). The van der Waals surface area contributed by atoms with E-state index in [0.717, 1.165) is 5.56 Å². The molecule has 3 aromatic rings. The first kappa shape index (κ1) is 12.4. The van der Waals surface area contributed by atoms with E-state index in [4.69, 9.17) is 0 Å². The van der Waals surface area contributed by atoms with E-state index in [1.165, 1.54) is 21.2 Å². The van der Waals surface area contributed by atoms with Crippen molar-refractivity contribution in [2.75, 3.05) is 0 Å². The predicted octanol–water partition coefficient (Wildman–Crippen LogP) is 4.49. The number of hydrogen-bond acceptors (Lipinski definition) is 2. The van der Waals surface area contributed by atoms with Crippen LogP contribution in [0.1, 0.15) is 22.8 Å². The molecule has 0 amide bonds. The summed E-state index contributed by atoms with van der Waals surface area (Å²) in [6, 6.07) is 16.5. The Bertz CT molecular complexity index is 699. The monoisotopic (exact) mass is 268 g/mol. The van der Waals surface area contributed by atoms with Gasteiger partial charge in [-0.2, -0.15) is 0 Å². The maximum atomic E-state index is 10.4. The standard InChI is InChI=1S/C17H16OS/c1-12-5-4-6-13(9-12)16(18)10-14-11-19-17-8-3-2-7-15(14)17/h2-9,11,16,18H,10H2,1H3. The number of rotatable bonds is 3. The van der Waals surface area contributed by atoms with E-state index in [-0.39, 0.29) is 0 Å². The van der Waals surface area contributed by atoms with Crippen LogP contribution in [-0.2, 0) is 6.42 Å². The van der Waals surface area contributed by atoms with Crippen molar-refractivity contribution in [2.45, 2.75) is 19.4 Å². The van der Waals surface area contributed by atoms with Gasteiger partial charge in [0, 0.05) is 11.1 Å². The molecule has 96 valence electrons. The van der Waals surface area contributed by atoms with Crippen LogP contribution >= 0.6 is 11.3 Å². The van der Waals surface area contributed by atoms with Crippen molar-refractivity contribution in [3.8, 4) is 0 Å².